The molecule has 4 nitrogen and oxygen atoms in total. The summed E-state index contributed by atoms with van der Waals surface area (Å²) in [6.45, 7) is 3.38. The molecule has 5 heteroatoms. The average Bonchev–Trinajstić information content (AvgIpc) is 2.39. The summed E-state index contributed by atoms with van der Waals surface area (Å²) in [5.74, 6) is 0. The molecule has 1 aliphatic heterocycles. The fourth-order valence-electron chi connectivity index (χ4n) is 1.77. The zero-order valence-corrected chi connectivity index (χ0v) is 10.4. The summed E-state index contributed by atoms with van der Waals surface area (Å²) in [7, 11) is 0. The Hall–Kier alpha value is -1.01. The molecule has 1 aromatic carbocycles. The average molecular weight is 255 g/mol. The van der Waals surface area contributed by atoms with Crippen molar-refractivity contribution >= 4 is 22.8 Å². The Morgan fingerprint density at radius 3 is 2.35 bits per heavy atom. The van der Waals surface area contributed by atoms with Crippen LogP contribution in [0.2, 0.25) is 0 Å². The molecule has 1 saturated heterocycles. The Morgan fingerprint density at radius 2 is 1.82 bits per heavy atom. The monoisotopic (exact) mass is 255 g/mol. The maximum atomic E-state index is 8.94. The Balaban J connectivity index is 0.00000144. The first-order valence-corrected chi connectivity index (χ1v) is 5.79. The predicted molar refractivity (Wildman–Crippen MR) is 71.9 cm³/mol. The molecule has 0 atom stereocenters. The minimum atomic E-state index is -0.0633. The number of hydrogen-bond acceptors (Lipinski definition) is 4. The standard InChI is InChI=1S/C12H15NO2S.H2O/c14-9-12(16)10-1-3-11(4-2-10)13-5-7-15-8-6-13;/h1-4,14H,5-9H2;1H2. The van der Waals surface area contributed by atoms with Gasteiger partial charge in [0.05, 0.1) is 19.8 Å². The molecule has 1 fully saturated rings. The smallest absolute Gasteiger partial charge is 0.0788 e. The highest BCUT2D eigenvalue weighted by molar-refractivity contribution is 7.80. The van der Waals surface area contributed by atoms with Crippen molar-refractivity contribution in [3.8, 4) is 0 Å². The normalized spacial score (nSPS) is 15.2. The number of rotatable bonds is 3. The Labute approximate surface area is 106 Å². The van der Waals surface area contributed by atoms with E-state index in [2.05, 4.69) is 4.90 Å². The summed E-state index contributed by atoms with van der Waals surface area (Å²) in [6, 6.07) is 8.01. The van der Waals surface area contributed by atoms with Crippen LogP contribution in [-0.2, 0) is 4.74 Å². The summed E-state index contributed by atoms with van der Waals surface area (Å²) in [5.41, 5.74) is 2.11. The number of morpholine rings is 1. The molecule has 3 N–H and O–H groups in total. The second-order valence-corrected chi connectivity index (χ2v) is 4.22. The van der Waals surface area contributed by atoms with E-state index >= 15 is 0 Å². The number of benzene rings is 1. The van der Waals surface area contributed by atoms with Gasteiger partial charge in [-0.1, -0.05) is 24.4 Å². The molecule has 0 unspecified atom stereocenters. The second kappa shape index (κ2) is 6.66. The quantitative estimate of drug-likeness (QED) is 0.627. The molecule has 1 aliphatic rings. The number of ether oxygens (including phenoxy) is 1. The van der Waals surface area contributed by atoms with Gasteiger partial charge in [-0.3, -0.25) is 0 Å². The molecule has 0 spiro atoms. The van der Waals surface area contributed by atoms with E-state index in [1.54, 1.807) is 0 Å². The van der Waals surface area contributed by atoms with Gasteiger partial charge < -0.3 is 20.2 Å². The highest BCUT2D eigenvalue weighted by Gasteiger charge is 2.10. The highest BCUT2D eigenvalue weighted by Crippen LogP contribution is 2.17. The lowest BCUT2D eigenvalue weighted by Gasteiger charge is -2.28. The maximum Gasteiger partial charge on any atom is 0.0788 e. The molecule has 1 aromatic rings. The maximum absolute atomic E-state index is 8.94. The van der Waals surface area contributed by atoms with Crippen molar-refractivity contribution in [2.45, 2.75) is 0 Å². The number of hydrogen-bond donors (Lipinski definition) is 1. The van der Waals surface area contributed by atoms with E-state index < -0.39 is 0 Å². The Morgan fingerprint density at radius 1 is 1.24 bits per heavy atom. The van der Waals surface area contributed by atoms with E-state index in [9.17, 15) is 0 Å². The van der Waals surface area contributed by atoms with Crippen LogP contribution in [-0.4, -0.2) is 48.4 Å². The molecule has 0 aliphatic carbocycles. The van der Waals surface area contributed by atoms with Gasteiger partial charge in [0.25, 0.3) is 0 Å². The lowest BCUT2D eigenvalue weighted by atomic mass is 10.1. The van der Waals surface area contributed by atoms with Gasteiger partial charge in [0.15, 0.2) is 0 Å². The summed E-state index contributed by atoms with van der Waals surface area (Å²) in [6.07, 6.45) is 0. The van der Waals surface area contributed by atoms with E-state index in [1.807, 2.05) is 24.3 Å². The number of nitrogens with zero attached hydrogens (tertiary/aromatic N) is 1. The minimum absolute atomic E-state index is 0. The fourth-order valence-corrected chi connectivity index (χ4v) is 1.91. The zero-order valence-electron chi connectivity index (χ0n) is 9.56. The van der Waals surface area contributed by atoms with Crippen LogP contribution in [0.15, 0.2) is 24.3 Å². The largest absolute Gasteiger partial charge is 0.412 e. The van der Waals surface area contributed by atoms with Crippen LogP contribution < -0.4 is 4.90 Å². The lowest BCUT2D eigenvalue weighted by Crippen LogP contribution is -2.36. The third-order valence-electron chi connectivity index (χ3n) is 2.71. The molecule has 17 heavy (non-hydrogen) atoms. The topological polar surface area (TPSA) is 64.2 Å². The van der Waals surface area contributed by atoms with Gasteiger partial charge in [0.2, 0.25) is 0 Å². The van der Waals surface area contributed by atoms with Gasteiger partial charge in [-0.05, 0) is 17.7 Å². The van der Waals surface area contributed by atoms with E-state index in [0.29, 0.717) is 4.86 Å². The third kappa shape index (κ3) is 3.47. The first-order valence-electron chi connectivity index (χ1n) is 5.38. The molecule has 0 amide bonds. The first-order chi connectivity index (χ1) is 7.81. The molecule has 1 heterocycles. The molecule has 2 rings (SSSR count). The van der Waals surface area contributed by atoms with Crippen molar-refractivity contribution in [3.05, 3.63) is 29.8 Å². The molecule has 0 bridgehead atoms. The predicted octanol–water partition coefficient (Wildman–Crippen LogP) is 0.409. The molecule has 0 aromatic heterocycles. The van der Waals surface area contributed by atoms with Crippen LogP contribution >= 0.6 is 12.2 Å². The van der Waals surface area contributed by atoms with Crippen LogP contribution in [0.1, 0.15) is 5.56 Å². The van der Waals surface area contributed by atoms with E-state index in [0.717, 1.165) is 31.9 Å². The van der Waals surface area contributed by atoms with Gasteiger partial charge in [-0.2, -0.15) is 0 Å². The molecular weight excluding hydrogens is 238 g/mol. The van der Waals surface area contributed by atoms with Crippen LogP contribution in [0, 0.1) is 0 Å². The summed E-state index contributed by atoms with van der Waals surface area (Å²) in [5, 5.41) is 8.94. The van der Waals surface area contributed by atoms with Crippen molar-refractivity contribution in [2.75, 3.05) is 37.8 Å². The van der Waals surface area contributed by atoms with Gasteiger partial charge >= 0.3 is 0 Å². The van der Waals surface area contributed by atoms with Crippen LogP contribution in [0.3, 0.4) is 0 Å². The number of anilines is 1. The summed E-state index contributed by atoms with van der Waals surface area (Å²) in [4.78, 5) is 2.88. The first kappa shape index (κ1) is 14.1. The molecule has 0 radical (unpaired) electrons. The van der Waals surface area contributed by atoms with E-state index in [-0.39, 0.29) is 12.1 Å². The highest BCUT2D eigenvalue weighted by atomic mass is 32.1. The van der Waals surface area contributed by atoms with Gasteiger partial charge in [-0.15, -0.1) is 0 Å². The number of aliphatic hydroxyl groups is 1. The van der Waals surface area contributed by atoms with E-state index in [4.69, 9.17) is 22.1 Å². The summed E-state index contributed by atoms with van der Waals surface area (Å²) >= 11 is 5.04. The van der Waals surface area contributed by atoms with Crippen LogP contribution in [0.4, 0.5) is 5.69 Å². The van der Waals surface area contributed by atoms with Crippen molar-refractivity contribution in [1.82, 2.24) is 0 Å². The van der Waals surface area contributed by atoms with Crippen molar-refractivity contribution in [3.63, 3.8) is 0 Å². The van der Waals surface area contributed by atoms with Crippen LogP contribution in [0.25, 0.3) is 0 Å². The minimum Gasteiger partial charge on any atom is -0.412 e. The molecular formula is C12H17NO3S. The van der Waals surface area contributed by atoms with Crippen molar-refractivity contribution < 1.29 is 15.3 Å². The third-order valence-corrected chi connectivity index (χ3v) is 3.07. The Kier molecular flexibility index (Phi) is 5.50. The Bertz CT molecular complexity index is 361. The van der Waals surface area contributed by atoms with Crippen molar-refractivity contribution in [2.24, 2.45) is 0 Å². The fraction of sp³-hybridized carbons (Fsp3) is 0.417. The molecule has 0 saturated carbocycles. The number of thiocarbonyl (C=S) groups is 1. The van der Waals surface area contributed by atoms with Crippen LogP contribution in [0.5, 0.6) is 0 Å². The van der Waals surface area contributed by atoms with Gasteiger partial charge in [0, 0.05) is 23.6 Å². The lowest BCUT2D eigenvalue weighted by molar-refractivity contribution is 0.122. The zero-order chi connectivity index (χ0) is 11.4. The SMILES string of the molecule is O.OCC(=S)c1ccc(N2CCOCC2)cc1. The van der Waals surface area contributed by atoms with Gasteiger partial charge in [0.1, 0.15) is 0 Å². The number of aliphatic hydroxyl groups excluding tert-OH is 1. The van der Waals surface area contributed by atoms with E-state index in [1.165, 1.54) is 5.69 Å². The van der Waals surface area contributed by atoms with Gasteiger partial charge in [-0.25, -0.2) is 0 Å². The second-order valence-electron chi connectivity index (χ2n) is 3.73. The summed E-state index contributed by atoms with van der Waals surface area (Å²) < 4.78 is 5.31. The van der Waals surface area contributed by atoms with Crippen molar-refractivity contribution in [1.29, 1.82) is 0 Å². The molecule has 94 valence electrons.